The Morgan fingerprint density at radius 2 is 1.16 bits per heavy atom. The highest BCUT2D eigenvalue weighted by molar-refractivity contribution is 5.59. The summed E-state index contributed by atoms with van der Waals surface area (Å²) in [4.78, 5) is 11.8. The van der Waals surface area contributed by atoms with Gasteiger partial charge in [0.25, 0.3) is 0 Å². The lowest BCUT2D eigenvalue weighted by atomic mass is 10.1. The molecule has 0 aliphatic rings. The van der Waals surface area contributed by atoms with Gasteiger partial charge in [0.05, 0.1) is 38.6 Å². The second-order valence-corrected chi connectivity index (χ2v) is 7.27. The van der Waals surface area contributed by atoms with Crippen molar-refractivity contribution in [3.63, 3.8) is 0 Å². The van der Waals surface area contributed by atoms with Gasteiger partial charge in [0.2, 0.25) is 0 Å². The van der Waals surface area contributed by atoms with E-state index in [1.54, 1.807) is 14.2 Å². The Balaban J connectivity index is 1.67. The lowest BCUT2D eigenvalue weighted by Gasteiger charge is -2.08. The Morgan fingerprint density at radius 1 is 0.750 bits per heavy atom. The van der Waals surface area contributed by atoms with Gasteiger partial charge in [0.1, 0.15) is 11.5 Å². The van der Waals surface area contributed by atoms with Crippen molar-refractivity contribution < 1.29 is 23.7 Å². The van der Waals surface area contributed by atoms with Crippen LogP contribution >= 0.6 is 0 Å². The molecule has 5 nitrogen and oxygen atoms in total. The smallest absolute Gasteiger partial charge is 0.495 e. The van der Waals surface area contributed by atoms with E-state index < -0.39 is 6.16 Å². The molecule has 0 heterocycles. The first-order chi connectivity index (χ1) is 15.5. The highest BCUT2D eigenvalue weighted by atomic mass is 16.7. The van der Waals surface area contributed by atoms with Crippen molar-refractivity contribution in [2.75, 3.05) is 27.4 Å². The van der Waals surface area contributed by atoms with Gasteiger partial charge in [0, 0.05) is 11.8 Å². The number of rotatable bonds is 8. The molecule has 0 amide bonds. The second-order valence-electron chi connectivity index (χ2n) is 7.27. The molecule has 2 aromatic carbocycles. The van der Waals surface area contributed by atoms with E-state index in [2.05, 4.69) is 23.7 Å². The molecular weight excluding hydrogens is 404 g/mol. The van der Waals surface area contributed by atoms with E-state index in [0.29, 0.717) is 12.8 Å². The summed E-state index contributed by atoms with van der Waals surface area (Å²) < 4.78 is 20.9. The van der Waals surface area contributed by atoms with E-state index >= 15 is 0 Å². The fourth-order valence-corrected chi connectivity index (χ4v) is 2.72. The van der Waals surface area contributed by atoms with Crippen LogP contribution in [0.15, 0.2) is 48.5 Å². The molecule has 0 aliphatic carbocycles. The number of ether oxygens (including phenoxy) is 4. The van der Waals surface area contributed by atoms with Gasteiger partial charge in [-0.3, -0.25) is 0 Å². The first kappa shape index (κ1) is 24.7. The van der Waals surface area contributed by atoms with Crippen LogP contribution in [0.3, 0.4) is 0 Å². The van der Waals surface area contributed by atoms with E-state index in [-0.39, 0.29) is 25.0 Å². The standard InChI is InChI=1S/C27H30O5/c1-21(13-15-23-9-5-7-11-25(23)29-3)17-19-31-27(28)32-20-18-22(2)14-16-24-10-6-8-12-26(24)30-4/h5-12,21-22H,17-20H2,1-4H3. The number of carbonyl (C=O) groups is 1. The average Bonchev–Trinajstić information content (AvgIpc) is 2.81. The molecule has 0 spiro atoms. The predicted octanol–water partition coefficient (Wildman–Crippen LogP) is 5.31. The zero-order chi connectivity index (χ0) is 23.2. The minimum atomic E-state index is -0.667. The number of para-hydroxylation sites is 2. The quantitative estimate of drug-likeness (QED) is 0.416. The van der Waals surface area contributed by atoms with Crippen molar-refractivity contribution in [2.24, 2.45) is 11.8 Å². The van der Waals surface area contributed by atoms with Gasteiger partial charge >= 0.3 is 6.16 Å². The molecule has 0 N–H and O–H groups in total. The molecule has 0 saturated heterocycles. The first-order valence-electron chi connectivity index (χ1n) is 10.6. The zero-order valence-corrected chi connectivity index (χ0v) is 19.1. The van der Waals surface area contributed by atoms with Crippen molar-refractivity contribution in [1.82, 2.24) is 0 Å². The number of methoxy groups -OCH3 is 2. The number of hydrogen-bond acceptors (Lipinski definition) is 5. The average molecular weight is 435 g/mol. The summed E-state index contributed by atoms with van der Waals surface area (Å²) in [5.41, 5.74) is 1.68. The SMILES string of the molecule is COc1ccccc1C#CC(C)CCOC(=O)OCCC(C)C#Cc1ccccc1OC. The Hall–Kier alpha value is -3.57. The van der Waals surface area contributed by atoms with Crippen molar-refractivity contribution >= 4 is 6.16 Å². The highest BCUT2D eigenvalue weighted by Crippen LogP contribution is 2.17. The van der Waals surface area contributed by atoms with E-state index in [0.717, 1.165) is 22.6 Å². The molecule has 0 aliphatic heterocycles. The van der Waals surface area contributed by atoms with Crippen LogP contribution in [-0.4, -0.2) is 33.6 Å². The highest BCUT2D eigenvalue weighted by Gasteiger charge is 2.07. The fraction of sp³-hybridized carbons (Fsp3) is 0.370. The van der Waals surface area contributed by atoms with Gasteiger partial charge < -0.3 is 18.9 Å². The summed E-state index contributed by atoms with van der Waals surface area (Å²) >= 11 is 0. The van der Waals surface area contributed by atoms with Gasteiger partial charge in [-0.25, -0.2) is 4.79 Å². The molecule has 168 valence electrons. The maximum absolute atomic E-state index is 11.8. The summed E-state index contributed by atoms with van der Waals surface area (Å²) in [6.45, 7) is 4.48. The van der Waals surface area contributed by atoms with Crippen molar-refractivity contribution in [3.8, 4) is 35.2 Å². The molecule has 2 atom stereocenters. The van der Waals surface area contributed by atoms with Crippen LogP contribution in [0.1, 0.15) is 37.8 Å². The monoisotopic (exact) mass is 434 g/mol. The third-order valence-electron chi connectivity index (χ3n) is 4.66. The minimum Gasteiger partial charge on any atom is -0.495 e. The first-order valence-corrected chi connectivity index (χ1v) is 10.6. The molecule has 2 rings (SSSR count). The van der Waals surface area contributed by atoms with Crippen LogP contribution in [0, 0.1) is 35.5 Å². The maximum Gasteiger partial charge on any atom is 0.508 e. The molecule has 0 aromatic heterocycles. The minimum absolute atomic E-state index is 0.0676. The van der Waals surface area contributed by atoms with E-state index in [1.165, 1.54) is 0 Å². The van der Waals surface area contributed by atoms with Crippen LogP contribution in [0.5, 0.6) is 11.5 Å². The van der Waals surface area contributed by atoms with Crippen LogP contribution in [-0.2, 0) is 9.47 Å². The summed E-state index contributed by atoms with van der Waals surface area (Å²) in [5, 5.41) is 0. The summed E-state index contributed by atoms with van der Waals surface area (Å²) in [7, 11) is 3.24. The number of hydrogen-bond donors (Lipinski definition) is 0. The third-order valence-corrected chi connectivity index (χ3v) is 4.66. The lowest BCUT2D eigenvalue weighted by Crippen LogP contribution is -2.12. The summed E-state index contributed by atoms with van der Waals surface area (Å²) in [5.74, 6) is 14.2. The molecule has 2 unspecified atom stereocenters. The van der Waals surface area contributed by atoms with Crippen molar-refractivity contribution in [3.05, 3.63) is 59.7 Å². The largest absolute Gasteiger partial charge is 0.508 e. The van der Waals surface area contributed by atoms with Gasteiger partial charge in [-0.15, -0.1) is 0 Å². The molecule has 32 heavy (non-hydrogen) atoms. The van der Waals surface area contributed by atoms with Crippen molar-refractivity contribution in [1.29, 1.82) is 0 Å². The number of carbonyl (C=O) groups excluding carboxylic acids is 1. The maximum atomic E-state index is 11.8. The van der Waals surface area contributed by atoms with Gasteiger partial charge in [-0.2, -0.15) is 0 Å². The lowest BCUT2D eigenvalue weighted by molar-refractivity contribution is 0.0511. The Morgan fingerprint density at radius 3 is 1.56 bits per heavy atom. The summed E-state index contributed by atoms with van der Waals surface area (Å²) in [6.07, 6.45) is 0.579. The van der Waals surface area contributed by atoms with E-state index in [1.807, 2.05) is 62.4 Å². The molecule has 0 saturated carbocycles. The second kappa shape index (κ2) is 13.7. The van der Waals surface area contributed by atoms with Gasteiger partial charge in [0.15, 0.2) is 0 Å². The normalized spacial score (nSPS) is 11.6. The molecular formula is C27H30O5. The fourth-order valence-electron chi connectivity index (χ4n) is 2.72. The Kier molecular flexibility index (Phi) is 10.6. The topological polar surface area (TPSA) is 54.0 Å². The molecule has 0 fully saturated rings. The van der Waals surface area contributed by atoms with Crippen LogP contribution in [0.2, 0.25) is 0 Å². The van der Waals surface area contributed by atoms with E-state index in [4.69, 9.17) is 18.9 Å². The van der Waals surface area contributed by atoms with Gasteiger partial charge in [-0.05, 0) is 37.1 Å². The molecule has 5 heteroatoms. The zero-order valence-electron chi connectivity index (χ0n) is 19.1. The van der Waals surface area contributed by atoms with Crippen LogP contribution < -0.4 is 9.47 Å². The van der Waals surface area contributed by atoms with Gasteiger partial charge in [-0.1, -0.05) is 61.8 Å². The van der Waals surface area contributed by atoms with E-state index in [9.17, 15) is 4.79 Å². The van der Waals surface area contributed by atoms with Crippen LogP contribution in [0.4, 0.5) is 4.79 Å². The third kappa shape index (κ3) is 8.66. The Labute approximate surface area is 191 Å². The molecule has 2 aromatic rings. The Bertz CT molecular complexity index is 911. The van der Waals surface area contributed by atoms with Crippen molar-refractivity contribution in [2.45, 2.75) is 26.7 Å². The molecule has 0 bridgehead atoms. The predicted molar refractivity (Wildman–Crippen MR) is 125 cm³/mol. The number of benzene rings is 2. The molecule has 0 radical (unpaired) electrons. The van der Waals surface area contributed by atoms with Crippen LogP contribution in [0.25, 0.3) is 0 Å². The summed E-state index contributed by atoms with van der Waals surface area (Å²) in [6, 6.07) is 15.2.